The fourth-order valence-corrected chi connectivity index (χ4v) is 4.72. The van der Waals surface area contributed by atoms with Crippen LogP contribution in [0.2, 0.25) is 0 Å². The molecule has 3 aromatic carbocycles. The number of carboxylic acids is 2. The van der Waals surface area contributed by atoms with E-state index in [-0.39, 0.29) is 35.1 Å². The van der Waals surface area contributed by atoms with Gasteiger partial charge in [-0.05, 0) is 86.6 Å². The van der Waals surface area contributed by atoms with Crippen LogP contribution in [-0.2, 0) is 14.4 Å². The molecule has 0 aromatic heterocycles. The zero-order valence-electron chi connectivity index (χ0n) is 24.6. The lowest BCUT2D eigenvalue weighted by atomic mass is 9.89. The Balaban J connectivity index is 0.000000610. The van der Waals surface area contributed by atoms with E-state index in [1.54, 1.807) is 53.4 Å². The highest BCUT2D eigenvalue weighted by atomic mass is 19.1. The number of hydrogen-bond donors (Lipinski definition) is 4. The minimum Gasteiger partial charge on any atom is -0.508 e. The number of likely N-dealkylation sites (tertiary alicyclic amines) is 1. The number of nitrogens with zero attached hydrogens (tertiary/aromatic N) is 2. The smallest absolute Gasteiger partial charge is 0.328 e. The van der Waals surface area contributed by atoms with Crippen LogP contribution in [0.5, 0.6) is 5.75 Å². The van der Waals surface area contributed by atoms with Crippen molar-refractivity contribution in [3.05, 3.63) is 102 Å². The van der Waals surface area contributed by atoms with E-state index in [1.807, 2.05) is 0 Å². The van der Waals surface area contributed by atoms with Crippen molar-refractivity contribution in [2.75, 3.05) is 36.4 Å². The summed E-state index contributed by atoms with van der Waals surface area (Å²) in [6.45, 7) is 3.84. The van der Waals surface area contributed by atoms with E-state index < -0.39 is 11.9 Å². The summed E-state index contributed by atoms with van der Waals surface area (Å²) >= 11 is 0. The second-order valence-electron chi connectivity index (χ2n) is 10.2. The van der Waals surface area contributed by atoms with E-state index in [2.05, 4.69) is 10.2 Å². The number of carboxylic acid groups (broad SMARTS) is 2. The first-order valence-corrected chi connectivity index (χ1v) is 14.1. The minimum absolute atomic E-state index is 0.0407. The number of Topliss-reactive ketones (excluding diaryl/α,β-unsaturated/α-hetero) is 1. The van der Waals surface area contributed by atoms with Crippen molar-refractivity contribution in [1.29, 1.82) is 0 Å². The Labute approximate surface area is 259 Å². The SMILES string of the molecule is CC(=O)Nc1ccc(C(=O)N(CCN2CCC(C(=O)c3ccc(F)cc3)CC2)c2cccc(O)c2)cc1.O=C(O)C=CC(=O)O. The van der Waals surface area contributed by atoms with Crippen LogP contribution in [0.3, 0.4) is 0 Å². The van der Waals surface area contributed by atoms with E-state index in [1.165, 1.54) is 31.2 Å². The predicted molar refractivity (Wildman–Crippen MR) is 165 cm³/mol. The van der Waals surface area contributed by atoms with Gasteiger partial charge in [0.15, 0.2) is 5.78 Å². The number of aromatic hydroxyl groups is 1. The van der Waals surface area contributed by atoms with E-state index in [9.17, 15) is 33.5 Å². The first-order valence-electron chi connectivity index (χ1n) is 14.1. The van der Waals surface area contributed by atoms with Gasteiger partial charge in [0.05, 0.1) is 0 Å². The van der Waals surface area contributed by atoms with Crippen molar-refractivity contribution >= 4 is 40.9 Å². The second-order valence-corrected chi connectivity index (χ2v) is 10.2. The molecule has 0 saturated carbocycles. The van der Waals surface area contributed by atoms with Crippen LogP contribution >= 0.6 is 0 Å². The molecule has 1 fully saturated rings. The normalized spacial score (nSPS) is 13.4. The van der Waals surface area contributed by atoms with Gasteiger partial charge in [0.1, 0.15) is 11.6 Å². The third kappa shape index (κ3) is 11.0. The van der Waals surface area contributed by atoms with Crippen LogP contribution in [-0.4, -0.2) is 75.9 Å². The Morgan fingerprint density at radius 2 is 1.47 bits per heavy atom. The fraction of sp³-hybridized carbons (Fsp3) is 0.242. The number of carbonyl (C=O) groups excluding carboxylic acids is 3. The number of piperidine rings is 1. The van der Waals surface area contributed by atoms with Crippen LogP contribution in [0, 0.1) is 11.7 Å². The number of anilines is 2. The van der Waals surface area contributed by atoms with Gasteiger partial charge in [-0.3, -0.25) is 14.4 Å². The van der Waals surface area contributed by atoms with Gasteiger partial charge in [-0.2, -0.15) is 0 Å². The van der Waals surface area contributed by atoms with Gasteiger partial charge < -0.3 is 30.4 Å². The maximum Gasteiger partial charge on any atom is 0.328 e. The van der Waals surface area contributed by atoms with Crippen LogP contribution in [0.1, 0.15) is 40.5 Å². The third-order valence-corrected chi connectivity index (χ3v) is 6.93. The van der Waals surface area contributed by atoms with Crippen molar-refractivity contribution in [2.45, 2.75) is 19.8 Å². The molecule has 45 heavy (non-hydrogen) atoms. The number of aliphatic carboxylic acids is 2. The third-order valence-electron chi connectivity index (χ3n) is 6.93. The van der Waals surface area contributed by atoms with Crippen molar-refractivity contribution in [3.63, 3.8) is 0 Å². The lowest BCUT2D eigenvalue weighted by molar-refractivity contribution is -0.134. The number of phenols is 1. The van der Waals surface area contributed by atoms with Gasteiger partial charge in [0, 0.05) is 66.7 Å². The zero-order valence-corrected chi connectivity index (χ0v) is 24.6. The summed E-state index contributed by atoms with van der Waals surface area (Å²) in [4.78, 5) is 60.5. The van der Waals surface area contributed by atoms with Crippen LogP contribution in [0.15, 0.2) is 84.9 Å². The average Bonchev–Trinajstić information content (AvgIpc) is 3.01. The molecule has 1 saturated heterocycles. The zero-order chi connectivity index (χ0) is 32.9. The Hall–Kier alpha value is -5.36. The molecule has 1 heterocycles. The van der Waals surface area contributed by atoms with E-state index in [0.717, 1.165) is 0 Å². The lowest BCUT2D eigenvalue weighted by Crippen LogP contribution is -2.42. The number of ketones is 1. The molecule has 0 bridgehead atoms. The quantitative estimate of drug-likeness (QED) is 0.190. The van der Waals surface area contributed by atoms with Gasteiger partial charge in [-0.25, -0.2) is 14.0 Å². The van der Waals surface area contributed by atoms with Crippen molar-refractivity contribution in [3.8, 4) is 5.75 Å². The van der Waals surface area contributed by atoms with E-state index in [0.29, 0.717) is 73.7 Å². The summed E-state index contributed by atoms with van der Waals surface area (Å²) in [7, 11) is 0. The molecule has 0 aliphatic carbocycles. The van der Waals surface area contributed by atoms with Crippen molar-refractivity contribution < 1.29 is 43.7 Å². The Morgan fingerprint density at radius 3 is 2.00 bits per heavy atom. The highest BCUT2D eigenvalue weighted by Crippen LogP contribution is 2.25. The monoisotopic (exact) mass is 619 g/mol. The molecule has 0 atom stereocenters. The average molecular weight is 620 g/mol. The Morgan fingerprint density at radius 1 is 0.889 bits per heavy atom. The molecule has 2 amide bonds. The number of halogens is 1. The molecule has 3 aromatic rings. The number of hydrogen-bond acceptors (Lipinski definition) is 7. The van der Waals surface area contributed by atoms with E-state index >= 15 is 0 Å². The molecular weight excluding hydrogens is 585 g/mol. The maximum atomic E-state index is 13.5. The van der Waals surface area contributed by atoms with Gasteiger partial charge in [-0.1, -0.05) is 6.07 Å². The number of phenolic OH excluding ortho intramolecular Hbond substituents is 1. The summed E-state index contributed by atoms with van der Waals surface area (Å²) in [5, 5.41) is 28.3. The minimum atomic E-state index is -1.26. The molecule has 0 spiro atoms. The fourth-order valence-electron chi connectivity index (χ4n) is 4.72. The lowest BCUT2D eigenvalue weighted by Gasteiger charge is -2.33. The van der Waals surface area contributed by atoms with Crippen LogP contribution in [0.4, 0.5) is 15.8 Å². The first-order chi connectivity index (χ1) is 21.4. The van der Waals surface area contributed by atoms with Gasteiger partial charge in [0.25, 0.3) is 5.91 Å². The number of rotatable bonds is 10. The molecule has 0 radical (unpaired) electrons. The molecular formula is C33H34FN3O8. The predicted octanol–water partition coefficient (Wildman–Crippen LogP) is 4.44. The topological polar surface area (TPSA) is 165 Å². The summed E-state index contributed by atoms with van der Waals surface area (Å²) in [5.74, 6) is -3.28. The Bertz CT molecular complexity index is 1520. The molecule has 0 unspecified atom stereocenters. The summed E-state index contributed by atoms with van der Waals surface area (Å²) in [6, 6.07) is 18.9. The number of nitrogens with one attached hydrogen (secondary N) is 1. The standard InChI is InChI=1S/C29H30FN3O4.C4H4O4/c1-20(34)31-25-11-7-23(8-12-25)29(37)33(26-3-2-4-27(35)19-26)18-17-32-15-13-22(14-16-32)28(36)21-5-9-24(30)10-6-21;5-3(6)1-2-4(7)8/h2-12,19,22,35H,13-18H2,1H3,(H,31,34);1-2H,(H,5,6)(H,7,8). The van der Waals surface area contributed by atoms with Crippen LogP contribution < -0.4 is 10.2 Å². The molecule has 12 heteroatoms. The molecule has 236 valence electrons. The summed E-state index contributed by atoms with van der Waals surface area (Å²) in [5.41, 5.74) is 2.18. The van der Waals surface area contributed by atoms with E-state index in [4.69, 9.17) is 10.2 Å². The largest absolute Gasteiger partial charge is 0.508 e. The summed E-state index contributed by atoms with van der Waals surface area (Å²) < 4.78 is 13.2. The molecule has 4 rings (SSSR count). The van der Waals surface area contributed by atoms with Crippen LogP contribution in [0.25, 0.3) is 0 Å². The molecule has 4 N–H and O–H groups in total. The van der Waals surface area contributed by atoms with Gasteiger partial charge in [0.2, 0.25) is 5.91 Å². The molecule has 1 aliphatic heterocycles. The highest BCUT2D eigenvalue weighted by Gasteiger charge is 2.27. The summed E-state index contributed by atoms with van der Waals surface area (Å²) in [6.07, 6.45) is 2.51. The molecule has 1 aliphatic rings. The van der Waals surface area contributed by atoms with Gasteiger partial charge in [-0.15, -0.1) is 0 Å². The highest BCUT2D eigenvalue weighted by molar-refractivity contribution is 6.06. The first kappa shape index (κ1) is 34.1. The Kier molecular flexibility index (Phi) is 12.5. The number of carbonyl (C=O) groups is 5. The number of amides is 2. The van der Waals surface area contributed by atoms with Gasteiger partial charge >= 0.3 is 11.9 Å². The van der Waals surface area contributed by atoms with Crippen molar-refractivity contribution in [1.82, 2.24) is 4.90 Å². The second kappa shape index (κ2) is 16.5. The maximum absolute atomic E-state index is 13.5. The number of benzene rings is 3. The molecule has 11 nitrogen and oxygen atoms in total. The van der Waals surface area contributed by atoms with Crippen molar-refractivity contribution in [2.24, 2.45) is 5.92 Å².